The second-order valence-electron chi connectivity index (χ2n) is 5.06. The van der Waals surface area contributed by atoms with E-state index in [1.54, 1.807) is 6.26 Å². The van der Waals surface area contributed by atoms with E-state index in [1.807, 2.05) is 6.07 Å². The van der Waals surface area contributed by atoms with Gasteiger partial charge in [-0.1, -0.05) is 6.92 Å². The first-order valence-electron chi connectivity index (χ1n) is 6.75. The van der Waals surface area contributed by atoms with Gasteiger partial charge in [0.2, 0.25) is 0 Å². The maximum absolute atomic E-state index is 5.40. The monoisotopic (exact) mass is 236 g/mol. The Kier molecular flexibility index (Phi) is 4.63. The average molecular weight is 236 g/mol. The molecule has 3 heteroatoms. The van der Waals surface area contributed by atoms with Crippen LogP contribution in [0.4, 0.5) is 0 Å². The van der Waals surface area contributed by atoms with Crippen molar-refractivity contribution in [3.8, 4) is 0 Å². The van der Waals surface area contributed by atoms with E-state index in [0.717, 1.165) is 30.9 Å². The van der Waals surface area contributed by atoms with Gasteiger partial charge in [-0.15, -0.1) is 0 Å². The van der Waals surface area contributed by atoms with Crippen LogP contribution in [0.3, 0.4) is 0 Å². The zero-order chi connectivity index (χ0) is 12.1. The molecule has 1 N–H and O–H groups in total. The molecular weight excluding hydrogens is 212 g/mol. The highest BCUT2D eigenvalue weighted by atomic mass is 16.3. The van der Waals surface area contributed by atoms with Crippen molar-refractivity contribution in [3.05, 3.63) is 24.2 Å². The van der Waals surface area contributed by atoms with Crippen LogP contribution in [-0.4, -0.2) is 30.6 Å². The zero-order valence-corrected chi connectivity index (χ0v) is 11.0. The molecule has 1 fully saturated rings. The van der Waals surface area contributed by atoms with Crippen molar-refractivity contribution in [2.75, 3.05) is 13.6 Å². The molecule has 0 bridgehead atoms. The van der Waals surface area contributed by atoms with E-state index in [-0.39, 0.29) is 0 Å². The minimum Gasteiger partial charge on any atom is -0.468 e. The molecule has 0 radical (unpaired) electrons. The largest absolute Gasteiger partial charge is 0.468 e. The highest BCUT2D eigenvalue weighted by molar-refractivity contribution is 4.98. The molecule has 0 spiro atoms. The first-order valence-corrected chi connectivity index (χ1v) is 6.75. The molecule has 0 aliphatic heterocycles. The number of nitrogens with zero attached hydrogens (tertiary/aromatic N) is 1. The molecule has 0 aromatic carbocycles. The summed E-state index contributed by atoms with van der Waals surface area (Å²) in [4.78, 5) is 2.43. The van der Waals surface area contributed by atoms with Gasteiger partial charge in [0.25, 0.3) is 0 Å². The van der Waals surface area contributed by atoms with Crippen LogP contribution in [0.2, 0.25) is 0 Å². The highest BCUT2D eigenvalue weighted by Gasteiger charge is 2.23. The van der Waals surface area contributed by atoms with Crippen molar-refractivity contribution in [1.82, 2.24) is 10.2 Å². The summed E-state index contributed by atoms with van der Waals surface area (Å²) in [6, 6.07) is 5.48. The Hall–Kier alpha value is -0.800. The van der Waals surface area contributed by atoms with Gasteiger partial charge >= 0.3 is 0 Å². The summed E-state index contributed by atoms with van der Waals surface area (Å²) in [7, 11) is 2.21. The molecule has 96 valence electrons. The SMILES string of the molecule is CCNC1CCC(N(C)Cc2ccco2)CC1. The zero-order valence-electron chi connectivity index (χ0n) is 11.0. The van der Waals surface area contributed by atoms with Crippen LogP contribution in [0.25, 0.3) is 0 Å². The Bertz CT molecular complexity index is 302. The quantitative estimate of drug-likeness (QED) is 0.852. The summed E-state index contributed by atoms with van der Waals surface area (Å²) in [5, 5.41) is 3.55. The number of rotatable bonds is 5. The van der Waals surface area contributed by atoms with E-state index in [0.29, 0.717) is 0 Å². The van der Waals surface area contributed by atoms with Crippen molar-refractivity contribution >= 4 is 0 Å². The maximum atomic E-state index is 5.40. The number of furan rings is 1. The van der Waals surface area contributed by atoms with E-state index in [1.165, 1.54) is 25.7 Å². The summed E-state index contributed by atoms with van der Waals surface area (Å²) >= 11 is 0. The number of hydrogen-bond donors (Lipinski definition) is 1. The third kappa shape index (κ3) is 3.58. The van der Waals surface area contributed by atoms with Crippen LogP contribution in [0.15, 0.2) is 22.8 Å². The molecule has 0 atom stereocenters. The van der Waals surface area contributed by atoms with Crippen molar-refractivity contribution < 1.29 is 4.42 Å². The van der Waals surface area contributed by atoms with Gasteiger partial charge in [0.05, 0.1) is 12.8 Å². The van der Waals surface area contributed by atoms with Gasteiger partial charge in [-0.3, -0.25) is 4.90 Å². The molecule has 0 unspecified atom stereocenters. The van der Waals surface area contributed by atoms with Crippen LogP contribution < -0.4 is 5.32 Å². The molecule has 1 saturated carbocycles. The Morgan fingerprint density at radius 1 is 1.35 bits per heavy atom. The summed E-state index contributed by atoms with van der Waals surface area (Å²) in [5.41, 5.74) is 0. The molecule has 1 heterocycles. The fourth-order valence-corrected chi connectivity index (χ4v) is 2.79. The molecule has 17 heavy (non-hydrogen) atoms. The molecule has 1 aliphatic rings. The number of hydrogen-bond acceptors (Lipinski definition) is 3. The van der Waals surface area contributed by atoms with Crippen molar-refractivity contribution in [2.45, 2.75) is 51.2 Å². The first-order chi connectivity index (χ1) is 8.29. The van der Waals surface area contributed by atoms with Crippen LogP contribution in [0.1, 0.15) is 38.4 Å². The second kappa shape index (κ2) is 6.22. The van der Waals surface area contributed by atoms with Gasteiger partial charge in [-0.05, 0) is 51.4 Å². The standard InChI is InChI=1S/C14H24N2O/c1-3-15-12-6-8-13(9-7-12)16(2)11-14-5-4-10-17-14/h4-5,10,12-13,15H,3,6-9,11H2,1-2H3. The van der Waals surface area contributed by atoms with Crippen molar-refractivity contribution in [1.29, 1.82) is 0 Å². The molecule has 1 aromatic rings. The molecule has 0 amide bonds. The summed E-state index contributed by atoms with van der Waals surface area (Å²) in [5.74, 6) is 1.07. The predicted molar refractivity (Wildman–Crippen MR) is 69.9 cm³/mol. The van der Waals surface area contributed by atoms with Crippen LogP contribution in [0, 0.1) is 0 Å². The lowest BCUT2D eigenvalue weighted by atomic mass is 9.90. The molecule has 1 aliphatic carbocycles. The maximum Gasteiger partial charge on any atom is 0.117 e. The van der Waals surface area contributed by atoms with Gasteiger partial charge in [0.1, 0.15) is 5.76 Å². The first kappa shape index (κ1) is 12.7. The lowest BCUT2D eigenvalue weighted by molar-refractivity contribution is 0.159. The Morgan fingerprint density at radius 2 is 2.12 bits per heavy atom. The lowest BCUT2D eigenvalue weighted by Crippen LogP contribution is -2.40. The van der Waals surface area contributed by atoms with Crippen LogP contribution in [-0.2, 0) is 6.54 Å². The lowest BCUT2D eigenvalue weighted by Gasteiger charge is -2.34. The van der Waals surface area contributed by atoms with E-state index in [4.69, 9.17) is 4.42 Å². The Morgan fingerprint density at radius 3 is 2.71 bits per heavy atom. The highest BCUT2D eigenvalue weighted by Crippen LogP contribution is 2.23. The summed E-state index contributed by atoms with van der Waals surface area (Å²) in [6.07, 6.45) is 6.97. The Balaban J connectivity index is 1.76. The van der Waals surface area contributed by atoms with Crippen LogP contribution in [0.5, 0.6) is 0 Å². The molecule has 3 nitrogen and oxygen atoms in total. The topological polar surface area (TPSA) is 28.4 Å². The third-order valence-corrected chi connectivity index (χ3v) is 3.80. The van der Waals surface area contributed by atoms with Crippen molar-refractivity contribution in [3.63, 3.8) is 0 Å². The number of nitrogens with one attached hydrogen (secondary N) is 1. The van der Waals surface area contributed by atoms with Gasteiger partial charge in [-0.25, -0.2) is 0 Å². The van der Waals surface area contributed by atoms with Gasteiger partial charge < -0.3 is 9.73 Å². The third-order valence-electron chi connectivity index (χ3n) is 3.80. The Labute approximate surface area is 104 Å². The fourth-order valence-electron chi connectivity index (χ4n) is 2.79. The van der Waals surface area contributed by atoms with E-state index in [9.17, 15) is 0 Å². The minimum absolute atomic E-state index is 0.718. The smallest absolute Gasteiger partial charge is 0.117 e. The molecule has 1 aromatic heterocycles. The van der Waals surface area contributed by atoms with E-state index in [2.05, 4.69) is 30.3 Å². The van der Waals surface area contributed by atoms with Gasteiger partial charge in [-0.2, -0.15) is 0 Å². The second-order valence-corrected chi connectivity index (χ2v) is 5.06. The van der Waals surface area contributed by atoms with E-state index >= 15 is 0 Å². The normalized spacial score (nSPS) is 25.4. The molecule has 0 saturated heterocycles. The summed E-state index contributed by atoms with van der Waals surface area (Å²) < 4.78 is 5.40. The molecule has 2 rings (SSSR count). The van der Waals surface area contributed by atoms with Crippen LogP contribution >= 0.6 is 0 Å². The van der Waals surface area contributed by atoms with Crippen molar-refractivity contribution in [2.24, 2.45) is 0 Å². The molecular formula is C14H24N2O. The van der Waals surface area contributed by atoms with Gasteiger partial charge in [0, 0.05) is 12.1 Å². The minimum atomic E-state index is 0.718. The van der Waals surface area contributed by atoms with E-state index < -0.39 is 0 Å². The predicted octanol–water partition coefficient (Wildman–Crippen LogP) is 2.63. The fraction of sp³-hybridized carbons (Fsp3) is 0.714. The average Bonchev–Trinajstić information content (AvgIpc) is 2.83. The van der Waals surface area contributed by atoms with Gasteiger partial charge in [0.15, 0.2) is 0 Å². The summed E-state index contributed by atoms with van der Waals surface area (Å²) in [6.45, 7) is 4.22.